The molecule has 1 aliphatic heterocycles. The molecule has 2 unspecified atom stereocenters. The summed E-state index contributed by atoms with van der Waals surface area (Å²) >= 11 is 0. The van der Waals surface area contributed by atoms with Crippen molar-refractivity contribution < 1.29 is 14.2 Å². The molecule has 0 bridgehead atoms. The number of morpholine rings is 1. The number of nitrogens with two attached hydrogens (primary N) is 1. The highest BCUT2D eigenvalue weighted by Crippen LogP contribution is 2.18. The van der Waals surface area contributed by atoms with E-state index in [-0.39, 0.29) is 31.1 Å². The molecule has 2 rings (SSSR count). The molecule has 114 valence electrons. The van der Waals surface area contributed by atoms with Gasteiger partial charge in [-0.2, -0.15) is 0 Å². The Morgan fingerprint density at radius 1 is 1.52 bits per heavy atom. The van der Waals surface area contributed by atoms with Crippen molar-refractivity contribution in [2.24, 2.45) is 5.73 Å². The maximum atomic E-state index is 13.4. The third kappa shape index (κ3) is 4.26. The molecule has 3 N–H and O–H groups in total. The first kappa shape index (κ1) is 15.9. The fourth-order valence-corrected chi connectivity index (χ4v) is 2.37. The number of halogens is 1. The second kappa shape index (κ2) is 7.53. The summed E-state index contributed by atoms with van der Waals surface area (Å²) in [5, 5.41) is 9.23. The first-order valence-electron chi connectivity index (χ1n) is 7.08. The minimum absolute atomic E-state index is 0.00642. The van der Waals surface area contributed by atoms with E-state index in [2.05, 4.69) is 23.7 Å². The van der Waals surface area contributed by atoms with Gasteiger partial charge in [0.2, 0.25) is 0 Å². The Morgan fingerprint density at radius 3 is 3.05 bits per heavy atom. The molecule has 1 aliphatic rings. The lowest BCUT2D eigenvalue weighted by Crippen LogP contribution is -2.48. The number of benzene rings is 1. The second-order valence-corrected chi connectivity index (χ2v) is 5.22. The molecular weight excluding hydrogens is 271 g/mol. The largest absolute Gasteiger partial charge is 0.394 e. The quantitative estimate of drug-likeness (QED) is 0.806. The highest BCUT2D eigenvalue weighted by atomic mass is 19.1. The topological polar surface area (TPSA) is 58.7 Å². The van der Waals surface area contributed by atoms with Gasteiger partial charge in [-0.15, -0.1) is 0 Å². The molecule has 0 amide bonds. The molecule has 0 aliphatic carbocycles. The third-order valence-corrected chi connectivity index (χ3v) is 3.61. The zero-order chi connectivity index (χ0) is 15.2. The summed E-state index contributed by atoms with van der Waals surface area (Å²) < 4.78 is 18.9. The van der Waals surface area contributed by atoms with Crippen molar-refractivity contribution in [1.29, 1.82) is 0 Å². The van der Waals surface area contributed by atoms with Gasteiger partial charge < -0.3 is 15.6 Å². The smallest absolute Gasteiger partial charge is 0.124 e. The maximum absolute atomic E-state index is 13.4. The van der Waals surface area contributed by atoms with E-state index in [9.17, 15) is 9.50 Å². The summed E-state index contributed by atoms with van der Waals surface area (Å²) in [5.41, 5.74) is 7.01. The molecule has 1 saturated heterocycles. The Bertz CT molecular complexity index is 539. The van der Waals surface area contributed by atoms with E-state index in [4.69, 9.17) is 10.5 Å². The number of nitrogens with zero attached hydrogens (tertiary/aromatic N) is 1. The Kier molecular flexibility index (Phi) is 5.71. The van der Waals surface area contributed by atoms with Crippen LogP contribution in [0.5, 0.6) is 0 Å². The van der Waals surface area contributed by atoms with E-state index in [1.54, 1.807) is 6.07 Å². The molecule has 4 nitrogen and oxygen atoms in total. The lowest BCUT2D eigenvalue weighted by Gasteiger charge is -2.37. The van der Waals surface area contributed by atoms with Crippen LogP contribution in [-0.4, -0.2) is 48.5 Å². The van der Waals surface area contributed by atoms with Crippen molar-refractivity contribution in [1.82, 2.24) is 4.90 Å². The standard InChI is InChI=1S/C16H21FN2O2/c1-12-11-21-16(10-20)9-19(12)8-14-4-5-15(17)7-13(14)3-2-6-18/h4-5,7,12,16,20H,6,8-11,18H2,1H3. The Hall–Kier alpha value is -1.45. The maximum Gasteiger partial charge on any atom is 0.124 e. The first-order valence-corrected chi connectivity index (χ1v) is 7.08. The van der Waals surface area contributed by atoms with Crippen molar-refractivity contribution >= 4 is 0 Å². The van der Waals surface area contributed by atoms with Crippen molar-refractivity contribution in [2.45, 2.75) is 25.6 Å². The minimum atomic E-state index is -0.302. The predicted molar refractivity (Wildman–Crippen MR) is 79.0 cm³/mol. The van der Waals surface area contributed by atoms with Gasteiger partial charge in [0.25, 0.3) is 0 Å². The van der Waals surface area contributed by atoms with Crippen LogP contribution in [0, 0.1) is 17.7 Å². The lowest BCUT2D eigenvalue weighted by atomic mass is 10.1. The predicted octanol–water partition coefficient (Wildman–Crippen LogP) is 0.717. The van der Waals surface area contributed by atoms with Gasteiger partial charge in [-0.25, -0.2) is 4.39 Å². The average molecular weight is 292 g/mol. The number of aliphatic hydroxyl groups is 1. The van der Waals surface area contributed by atoms with E-state index in [1.807, 2.05) is 0 Å². The highest BCUT2D eigenvalue weighted by molar-refractivity contribution is 5.42. The zero-order valence-electron chi connectivity index (χ0n) is 12.2. The molecule has 1 aromatic carbocycles. The molecule has 0 aromatic heterocycles. The number of hydrogen-bond donors (Lipinski definition) is 2. The highest BCUT2D eigenvalue weighted by Gasteiger charge is 2.26. The second-order valence-electron chi connectivity index (χ2n) is 5.22. The van der Waals surface area contributed by atoms with Crippen LogP contribution in [0.2, 0.25) is 0 Å². The van der Waals surface area contributed by atoms with Crippen molar-refractivity contribution in [3.8, 4) is 11.8 Å². The molecule has 0 spiro atoms. The molecule has 1 fully saturated rings. The molecule has 5 heteroatoms. The third-order valence-electron chi connectivity index (χ3n) is 3.61. The molecule has 21 heavy (non-hydrogen) atoms. The summed E-state index contributed by atoms with van der Waals surface area (Å²) in [6.45, 7) is 4.20. The summed E-state index contributed by atoms with van der Waals surface area (Å²) in [6, 6.07) is 4.88. The van der Waals surface area contributed by atoms with Crippen LogP contribution in [0.1, 0.15) is 18.1 Å². The Labute approximate surface area is 124 Å². The summed E-state index contributed by atoms with van der Waals surface area (Å²) in [7, 11) is 0. The molecule has 2 atom stereocenters. The molecule has 1 aromatic rings. The number of hydrogen-bond acceptors (Lipinski definition) is 4. The van der Waals surface area contributed by atoms with Crippen LogP contribution >= 0.6 is 0 Å². The van der Waals surface area contributed by atoms with Crippen molar-refractivity contribution in [2.75, 3.05) is 26.3 Å². The summed E-state index contributed by atoms with van der Waals surface area (Å²) in [4.78, 5) is 2.21. The number of ether oxygens (including phenoxy) is 1. The van der Waals surface area contributed by atoms with Gasteiger partial charge in [0.05, 0.1) is 25.9 Å². The number of aliphatic hydroxyl groups excluding tert-OH is 1. The average Bonchev–Trinajstić information content (AvgIpc) is 2.49. The van der Waals surface area contributed by atoms with Gasteiger partial charge in [-0.3, -0.25) is 4.90 Å². The Balaban J connectivity index is 2.17. The van der Waals surface area contributed by atoms with Crippen LogP contribution in [-0.2, 0) is 11.3 Å². The molecule has 0 saturated carbocycles. The summed E-state index contributed by atoms with van der Waals surface area (Å²) in [5.74, 6) is 5.39. The van der Waals surface area contributed by atoms with Gasteiger partial charge in [0, 0.05) is 24.7 Å². The van der Waals surface area contributed by atoms with Crippen LogP contribution in [0.4, 0.5) is 4.39 Å². The monoisotopic (exact) mass is 292 g/mol. The molecule has 0 radical (unpaired) electrons. The first-order chi connectivity index (χ1) is 10.1. The van der Waals surface area contributed by atoms with E-state index in [0.29, 0.717) is 25.3 Å². The fraction of sp³-hybridized carbons (Fsp3) is 0.500. The van der Waals surface area contributed by atoms with Gasteiger partial charge >= 0.3 is 0 Å². The fourth-order valence-electron chi connectivity index (χ4n) is 2.37. The van der Waals surface area contributed by atoms with Crippen LogP contribution in [0.15, 0.2) is 18.2 Å². The van der Waals surface area contributed by atoms with E-state index in [0.717, 1.165) is 5.56 Å². The van der Waals surface area contributed by atoms with E-state index < -0.39 is 0 Å². The number of rotatable bonds is 3. The van der Waals surface area contributed by atoms with Gasteiger partial charge in [0.1, 0.15) is 5.82 Å². The van der Waals surface area contributed by atoms with Gasteiger partial charge in [-0.05, 0) is 24.6 Å². The van der Waals surface area contributed by atoms with Crippen molar-refractivity contribution in [3.05, 3.63) is 35.1 Å². The zero-order valence-corrected chi connectivity index (χ0v) is 12.2. The minimum Gasteiger partial charge on any atom is -0.394 e. The van der Waals surface area contributed by atoms with E-state index in [1.165, 1.54) is 12.1 Å². The summed E-state index contributed by atoms with van der Waals surface area (Å²) in [6.07, 6.45) is -0.166. The molecular formula is C16H21FN2O2. The Morgan fingerprint density at radius 2 is 2.33 bits per heavy atom. The molecule has 1 heterocycles. The van der Waals surface area contributed by atoms with Crippen molar-refractivity contribution in [3.63, 3.8) is 0 Å². The van der Waals surface area contributed by atoms with Crippen LogP contribution < -0.4 is 5.73 Å². The van der Waals surface area contributed by atoms with Gasteiger partial charge in [0.15, 0.2) is 0 Å². The van der Waals surface area contributed by atoms with E-state index >= 15 is 0 Å². The van der Waals surface area contributed by atoms with Gasteiger partial charge in [-0.1, -0.05) is 17.9 Å². The SMILES string of the molecule is CC1COC(CO)CN1Cc1ccc(F)cc1C#CCN. The van der Waals surface area contributed by atoms with Crippen LogP contribution in [0.3, 0.4) is 0 Å². The lowest BCUT2D eigenvalue weighted by molar-refractivity contribution is -0.0805. The van der Waals surface area contributed by atoms with Crippen LogP contribution in [0.25, 0.3) is 0 Å². The normalized spacial score (nSPS) is 22.7.